The van der Waals surface area contributed by atoms with E-state index in [-0.39, 0.29) is 0 Å². The molecule has 92 valence electrons. The smallest absolute Gasteiger partial charge is 0.252 e. The second-order valence-corrected chi connectivity index (χ2v) is 3.89. The molecule has 18 heavy (non-hydrogen) atoms. The van der Waals surface area contributed by atoms with Gasteiger partial charge in [-0.25, -0.2) is 0 Å². The van der Waals surface area contributed by atoms with Crippen molar-refractivity contribution in [3.05, 3.63) is 59.7 Å². The summed E-state index contributed by atoms with van der Waals surface area (Å²) in [5.74, 6) is -0.106. The van der Waals surface area contributed by atoms with Crippen LogP contribution in [0, 0.1) is 0 Å². The van der Waals surface area contributed by atoms with E-state index in [9.17, 15) is 4.79 Å². The van der Waals surface area contributed by atoms with Gasteiger partial charge in [0, 0.05) is 5.69 Å². The van der Waals surface area contributed by atoms with Crippen molar-refractivity contribution in [2.24, 2.45) is 5.73 Å². The van der Waals surface area contributed by atoms with Gasteiger partial charge < -0.3 is 16.2 Å². The Hall–Kier alpha value is -2.49. The molecular weight excluding hydrogens is 228 g/mol. The third kappa shape index (κ3) is 2.79. The van der Waals surface area contributed by atoms with Gasteiger partial charge in [0.25, 0.3) is 5.91 Å². The molecule has 0 atom stereocenters. The summed E-state index contributed by atoms with van der Waals surface area (Å²) in [5.41, 5.74) is 12.7. The Kier molecular flexibility index (Phi) is 3.48. The lowest BCUT2D eigenvalue weighted by atomic mass is 10.1. The van der Waals surface area contributed by atoms with Crippen molar-refractivity contribution >= 4 is 11.6 Å². The molecule has 4 N–H and O–H groups in total. The maximum Gasteiger partial charge on any atom is 0.252 e. The Balaban J connectivity index is 2.17. The average molecular weight is 242 g/mol. The Morgan fingerprint density at radius 2 is 1.83 bits per heavy atom. The van der Waals surface area contributed by atoms with E-state index in [1.54, 1.807) is 12.1 Å². The van der Waals surface area contributed by atoms with Crippen molar-refractivity contribution < 1.29 is 9.53 Å². The van der Waals surface area contributed by atoms with Gasteiger partial charge in [0.05, 0.1) is 5.56 Å². The SMILES string of the molecule is NC(=O)c1cc(N)ccc1OCc1ccccc1. The van der Waals surface area contributed by atoms with Crippen molar-refractivity contribution in [3.63, 3.8) is 0 Å². The van der Waals surface area contributed by atoms with Gasteiger partial charge >= 0.3 is 0 Å². The number of hydrogen-bond acceptors (Lipinski definition) is 3. The molecular formula is C14H14N2O2. The Labute approximate surface area is 105 Å². The van der Waals surface area contributed by atoms with Crippen LogP contribution in [0.4, 0.5) is 5.69 Å². The van der Waals surface area contributed by atoms with E-state index in [4.69, 9.17) is 16.2 Å². The molecule has 0 radical (unpaired) electrons. The molecule has 0 saturated carbocycles. The molecule has 0 bridgehead atoms. The summed E-state index contributed by atoms with van der Waals surface area (Å²) >= 11 is 0. The fourth-order valence-electron chi connectivity index (χ4n) is 1.60. The van der Waals surface area contributed by atoms with E-state index in [2.05, 4.69) is 0 Å². The van der Waals surface area contributed by atoms with Crippen LogP contribution in [-0.4, -0.2) is 5.91 Å². The lowest BCUT2D eigenvalue weighted by Crippen LogP contribution is -2.13. The van der Waals surface area contributed by atoms with Gasteiger partial charge in [-0.05, 0) is 23.8 Å². The highest BCUT2D eigenvalue weighted by Crippen LogP contribution is 2.22. The van der Waals surface area contributed by atoms with Crippen LogP contribution in [0.2, 0.25) is 0 Å². The normalized spacial score (nSPS) is 10.0. The average Bonchev–Trinajstić information content (AvgIpc) is 2.38. The second kappa shape index (κ2) is 5.23. The van der Waals surface area contributed by atoms with E-state index in [1.807, 2.05) is 30.3 Å². The highest BCUT2D eigenvalue weighted by molar-refractivity contribution is 5.96. The number of carbonyl (C=O) groups is 1. The van der Waals surface area contributed by atoms with E-state index in [0.717, 1.165) is 5.56 Å². The molecule has 1 amide bonds. The van der Waals surface area contributed by atoms with Gasteiger partial charge in [-0.15, -0.1) is 0 Å². The number of carbonyl (C=O) groups excluding carboxylic acids is 1. The van der Waals surface area contributed by atoms with Crippen LogP contribution < -0.4 is 16.2 Å². The van der Waals surface area contributed by atoms with Gasteiger partial charge in [-0.2, -0.15) is 0 Å². The monoisotopic (exact) mass is 242 g/mol. The maximum atomic E-state index is 11.3. The summed E-state index contributed by atoms with van der Waals surface area (Å²) in [6.45, 7) is 0.380. The third-order valence-corrected chi connectivity index (χ3v) is 2.51. The molecule has 0 fully saturated rings. The molecule has 0 heterocycles. The first kappa shape index (κ1) is 12.0. The summed E-state index contributed by atoms with van der Waals surface area (Å²) in [6.07, 6.45) is 0. The fraction of sp³-hybridized carbons (Fsp3) is 0.0714. The summed E-state index contributed by atoms with van der Waals surface area (Å²) in [6, 6.07) is 14.5. The van der Waals surface area contributed by atoms with E-state index in [1.165, 1.54) is 6.07 Å². The summed E-state index contributed by atoms with van der Waals surface area (Å²) < 4.78 is 5.58. The van der Waals surface area contributed by atoms with Gasteiger partial charge in [0.1, 0.15) is 12.4 Å². The van der Waals surface area contributed by atoms with E-state index < -0.39 is 5.91 Å². The number of rotatable bonds is 4. The first-order chi connectivity index (χ1) is 8.66. The van der Waals surface area contributed by atoms with Crippen LogP contribution in [-0.2, 0) is 6.61 Å². The predicted octanol–water partition coefficient (Wildman–Crippen LogP) is 1.95. The highest BCUT2D eigenvalue weighted by Gasteiger charge is 2.09. The number of hydrogen-bond donors (Lipinski definition) is 2. The van der Waals surface area contributed by atoms with Crippen LogP contribution in [0.5, 0.6) is 5.75 Å². The Morgan fingerprint density at radius 3 is 2.50 bits per heavy atom. The standard InChI is InChI=1S/C14H14N2O2/c15-11-6-7-13(12(8-11)14(16)17)18-9-10-4-2-1-3-5-10/h1-8H,9,15H2,(H2,16,17). The van der Waals surface area contributed by atoms with Crippen LogP contribution in [0.15, 0.2) is 48.5 Å². The van der Waals surface area contributed by atoms with Gasteiger partial charge in [0.15, 0.2) is 0 Å². The number of primary amides is 1. The van der Waals surface area contributed by atoms with Crippen LogP contribution in [0.3, 0.4) is 0 Å². The number of amides is 1. The molecule has 0 unspecified atom stereocenters. The molecule has 2 aromatic carbocycles. The topological polar surface area (TPSA) is 78.3 Å². The van der Waals surface area contributed by atoms with Crippen molar-refractivity contribution in [1.82, 2.24) is 0 Å². The number of benzene rings is 2. The molecule has 0 saturated heterocycles. The first-order valence-electron chi connectivity index (χ1n) is 5.53. The molecule has 0 aliphatic rings. The van der Waals surface area contributed by atoms with Crippen LogP contribution >= 0.6 is 0 Å². The van der Waals surface area contributed by atoms with E-state index >= 15 is 0 Å². The zero-order valence-electron chi connectivity index (χ0n) is 9.80. The molecule has 2 aromatic rings. The summed E-state index contributed by atoms with van der Waals surface area (Å²) in [4.78, 5) is 11.3. The van der Waals surface area contributed by atoms with Crippen LogP contribution in [0.1, 0.15) is 15.9 Å². The second-order valence-electron chi connectivity index (χ2n) is 3.89. The minimum atomic E-state index is -0.551. The molecule has 0 spiro atoms. The molecule has 2 rings (SSSR count). The van der Waals surface area contributed by atoms with Crippen LogP contribution in [0.25, 0.3) is 0 Å². The van der Waals surface area contributed by atoms with Gasteiger partial charge in [-0.3, -0.25) is 4.79 Å². The van der Waals surface area contributed by atoms with Gasteiger partial charge in [-0.1, -0.05) is 30.3 Å². The zero-order chi connectivity index (χ0) is 13.0. The zero-order valence-corrected chi connectivity index (χ0v) is 9.80. The van der Waals surface area contributed by atoms with E-state index in [0.29, 0.717) is 23.6 Å². The number of anilines is 1. The predicted molar refractivity (Wildman–Crippen MR) is 70.1 cm³/mol. The molecule has 0 aromatic heterocycles. The van der Waals surface area contributed by atoms with Gasteiger partial charge in [0.2, 0.25) is 0 Å². The third-order valence-electron chi connectivity index (χ3n) is 2.51. The van der Waals surface area contributed by atoms with Crippen molar-refractivity contribution in [1.29, 1.82) is 0 Å². The Bertz CT molecular complexity index is 553. The largest absolute Gasteiger partial charge is 0.488 e. The minimum absolute atomic E-state index is 0.297. The van der Waals surface area contributed by atoms with Crippen molar-refractivity contribution in [2.75, 3.05) is 5.73 Å². The lowest BCUT2D eigenvalue weighted by Gasteiger charge is -2.10. The Morgan fingerprint density at radius 1 is 1.11 bits per heavy atom. The summed E-state index contributed by atoms with van der Waals surface area (Å²) in [5, 5.41) is 0. The number of nitrogens with two attached hydrogens (primary N) is 2. The maximum absolute atomic E-state index is 11.3. The minimum Gasteiger partial charge on any atom is -0.488 e. The first-order valence-corrected chi connectivity index (χ1v) is 5.53. The quantitative estimate of drug-likeness (QED) is 0.804. The van der Waals surface area contributed by atoms with Crippen molar-refractivity contribution in [3.8, 4) is 5.75 Å². The fourth-order valence-corrected chi connectivity index (χ4v) is 1.60. The molecule has 4 heteroatoms. The van der Waals surface area contributed by atoms with Crippen molar-refractivity contribution in [2.45, 2.75) is 6.61 Å². The lowest BCUT2D eigenvalue weighted by molar-refractivity contribution is 0.0996. The molecule has 0 aliphatic heterocycles. The molecule has 0 aliphatic carbocycles. The number of nitrogen functional groups attached to an aromatic ring is 1. The summed E-state index contributed by atoms with van der Waals surface area (Å²) in [7, 11) is 0. The number of ether oxygens (including phenoxy) is 1. The highest BCUT2D eigenvalue weighted by atomic mass is 16.5. The molecule has 4 nitrogen and oxygen atoms in total.